The Kier molecular flexibility index (Phi) is 5.22. The van der Waals surface area contributed by atoms with Gasteiger partial charge in [0.2, 0.25) is 15.9 Å². The third-order valence-corrected chi connectivity index (χ3v) is 5.87. The first-order valence-electron chi connectivity index (χ1n) is 7.73. The predicted octanol–water partition coefficient (Wildman–Crippen LogP) is 3.15. The molecule has 0 spiro atoms. The zero-order valence-corrected chi connectivity index (χ0v) is 15.5. The lowest BCUT2D eigenvalue weighted by molar-refractivity contribution is -0.116. The molecule has 0 radical (unpaired) electrons. The molecule has 0 aliphatic carbocycles. The second kappa shape index (κ2) is 7.41. The van der Waals surface area contributed by atoms with Gasteiger partial charge >= 0.3 is 0 Å². The number of pyridine rings is 1. The first-order chi connectivity index (χ1) is 12.4. The van der Waals surface area contributed by atoms with E-state index in [2.05, 4.69) is 10.3 Å². The van der Waals surface area contributed by atoms with Crippen LogP contribution in [-0.4, -0.2) is 37.2 Å². The highest BCUT2D eigenvalue weighted by molar-refractivity contribution is 7.89. The third kappa shape index (κ3) is 3.85. The summed E-state index contributed by atoms with van der Waals surface area (Å²) in [7, 11) is -2.51. The van der Waals surface area contributed by atoms with Gasteiger partial charge in [-0.2, -0.15) is 4.31 Å². The van der Waals surface area contributed by atoms with Gasteiger partial charge < -0.3 is 5.32 Å². The molecule has 8 heteroatoms. The van der Waals surface area contributed by atoms with Crippen LogP contribution in [0.5, 0.6) is 0 Å². The summed E-state index contributed by atoms with van der Waals surface area (Å²) in [6.07, 6.45) is 1.54. The summed E-state index contributed by atoms with van der Waals surface area (Å²) in [5.74, 6) is -0.452. The fraction of sp³-hybridized carbons (Fsp3) is 0.111. The van der Waals surface area contributed by atoms with E-state index in [9.17, 15) is 13.2 Å². The highest BCUT2D eigenvalue weighted by atomic mass is 35.5. The van der Waals surface area contributed by atoms with Gasteiger partial charge in [-0.15, -0.1) is 0 Å². The van der Waals surface area contributed by atoms with Crippen molar-refractivity contribution < 1.29 is 13.2 Å². The van der Waals surface area contributed by atoms with E-state index in [1.165, 1.54) is 19.3 Å². The van der Waals surface area contributed by atoms with Gasteiger partial charge in [-0.3, -0.25) is 9.78 Å². The topological polar surface area (TPSA) is 79.4 Å². The average molecular weight is 390 g/mol. The van der Waals surface area contributed by atoms with E-state index >= 15 is 0 Å². The number of hydrogen-bond acceptors (Lipinski definition) is 4. The van der Waals surface area contributed by atoms with Crippen LogP contribution in [0.25, 0.3) is 10.9 Å². The van der Waals surface area contributed by atoms with E-state index < -0.39 is 15.9 Å². The summed E-state index contributed by atoms with van der Waals surface area (Å²) in [6.45, 7) is -0.325. The van der Waals surface area contributed by atoms with Gasteiger partial charge in [-0.05, 0) is 36.4 Å². The highest BCUT2D eigenvalue weighted by Gasteiger charge is 2.25. The van der Waals surface area contributed by atoms with Gasteiger partial charge in [0.15, 0.2) is 0 Å². The van der Waals surface area contributed by atoms with Crippen LogP contribution < -0.4 is 5.32 Å². The van der Waals surface area contributed by atoms with E-state index in [-0.39, 0.29) is 11.4 Å². The number of sulfonamides is 1. The molecule has 0 atom stereocenters. The molecule has 2 aromatic carbocycles. The third-order valence-electron chi connectivity index (χ3n) is 3.78. The van der Waals surface area contributed by atoms with E-state index in [1.54, 1.807) is 48.5 Å². The van der Waals surface area contributed by atoms with Crippen LogP contribution in [-0.2, 0) is 14.8 Å². The number of carbonyl (C=O) groups excluding carboxylic acids is 1. The SMILES string of the molecule is CN(CC(=O)Nc1ccc(Cl)cc1)S(=O)(=O)c1cccc2cccnc12. The molecule has 0 saturated carbocycles. The van der Waals surface area contributed by atoms with Gasteiger partial charge in [0.1, 0.15) is 4.90 Å². The molecule has 0 aliphatic rings. The number of amides is 1. The van der Waals surface area contributed by atoms with Crippen molar-refractivity contribution in [1.29, 1.82) is 0 Å². The quantitative estimate of drug-likeness (QED) is 0.727. The van der Waals surface area contributed by atoms with Crippen molar-refractivity contribution in [3.05, 3.63) is 65.8 Å². The van der Waals surface area contributed by atoms with Crippen molar-refractivity contribution in [2.75, 3.05) is 18.9 Å². The Bertz CT molecular complexity index is 1050. The zero-order chi connectivity index (χ0) is 18.7. The van der Waals surface area contributed by atoms with Crippen molar-refractivity contribution in [1.82, 2.24) is 9.29 Å². The number of rotatable bonds is 5. The number of para-hydroxylation sites is 1. The summed E-state index contributed by atoms with van der Waals surface area (Å²) in [6, 6.07) is 15.0. The lowest BCUT2D eigenvalue weighted by atomic mass is 10.2. The van der Waals surface area contributed by atoms with Gasteiger partial charge in [0.05, 0.1) is 12.1 Å². The molecule has 0 aliphatic heterocycles. The summed E-state index contributed by atoms with van der Waals surface area (Å²) in [5.41, 5.74) is 0.914. The summed E-state index contributed by atoms with van der Waals surface area (Å²) in [5, 5.41) is 3.90. The van der Waals surface area contributed by atoms with Gasteiger partial charge in [-0.25, -0.2) is 8.42 Å². The number of anilines is 1. The molecule has 0 bridgehead atoms. The van der Waals surface area contributed by atoms with Gasteiger partial charge in [-0.1, -0.05) is 29.8 Å². The van der Waals surface area contributed by atoms with Crippen molar-refractivity contribution >= 4 is 44.1 Å². The van der Waals surface area contributed by atoms with Crippen LogP contribution in [0.15, 0.2) is 65.7 Å². The van der Waals surface area contributed by atoms with Gasteiger partial charge in [0, 0.05) is 29.3 Å². The van der Waals surface area contributed by atoms with Crippen LogP contribution in [0.4, 0.5) is 5.69 Å². The number of hydrogen-bond donors (Lipinski definition) is 1. The number of aromatic nitrogens is 1. The van der Waals surface area contributed by atoms with E-state index in [4.69, 9.17) is 11.6 Å². The second-order valence-corrected chi connectivity index (χ2v) is 8.10. The number of fused-ring (bicyclic) bond motifs is 1. The Morgan fingerprint density at radius 3 is 2.54 bits per heavy atom. The molecular formula is C18H16ClN3O3S. The molecule has 1 aromatic heterocycles. The lowest BCUT2D eigenvalue weighted by Gasteiger charge is -2.17. The number of benzene rings is 2. The minimum absolute atomic E-state index is 0.0670. The van der Waals surface area contributed by atoms with E-state index in [0.717, 1.165) is 4.31 Å². The molecule has 6 nitrogen and oxygen atoms in total. The molecular weight excluding hydrogens is 374 g/mol. The number of nitrogens with zero attached hydrogens (tertiary/aromatic N) is 2. The van der Waals surface area contributed by atoms with Crippen molar-refractivity contribution in [3.8, 4) is 0 Å². The molecule has 1 N–H and O–H groups in total. The van der Waals surface area contributed by atoms with Crippen molar-refractivity contribution in [2.45, 2.75) is 4.90 Å². The number of carbonyl (C=O) groups is 1. The zero-order valence-electron chi connectivity index (χ0n) is 13.9. The van der Waals surface area contributed by atoms with Crippen molar-refractivity contribution in [2.24, 2.45) is 0 Å². The molecule has 1 amide bonds. The normalized spacial score (nSPS) is 11.7. The van der Waals surface area contributed by atoms with Gasteiger partial charge in [0.25, 0.3) is 0 Å². The van der Waals surface area contributed by atoms with Crippen LogP contribution in [0.3, 0.4) is 0 Å². The maximum absolute atomic E-state index is 12.9. The maximum Gasteiger partial charge on any atom is 0.245 e. The van der Waals surface area contributed by atoms with E-state index in [1.807, 2.05) is 0 Å². The minimum Gasteiger partial charge on any atom is -0.325 e. The predicted molar refractivity (Wildman–Crippen MR) is 102 cm³/mol. The Labute approximate surface area is 156 Å². The Hall–Kier alpha value is -2.48. The monoisotopic (exact) mass is 389 g/mol. The fourth-order valence-corrected chi connectivity index (χ4v) is 3.89. The molecule has 1 heterocycles. The Morgan fingerprint density at radius 2 is 1.81 bits per heavy atom. The van der Waals surface area contributed by atoms with Crippen molar-refractivity contribution in [3.63, 3.8) is 0 Å². The summed E-state index contributed by atoms with van der Waals surface area (Å²) in [4.78, 5) is 16.4. The maximum atomic E-state index is 12.9. The second-order valence-electron chi connectivity index (χ2n) is 5.65. The highest BCUT2D eigenvalue weighted by Crippen LogP contribution is 2.23. The standard InChI is InChI=1S/C18H16ClN3O3S/c1-22(12-17(23)21-15-9-7-14(19)8-10-15)26(24,25)16-6-2-4-13-5-3-11-20-18(13)16/h2-11H,12H2,1H3,(H,21,23). The molecule has 26 heavy (non-hydrogen) atoms. The number of halogens is 1. The first-order valence-corrected chi connectivity index (χ1v) is 9.55. The number of nitrogens with one attached hydrogen (secondary N) is 1. The fourth-order valence-electron chi connectivity index (χ4n) is 2.47. The molecule has 0 saturated heterocycles. The smallest absolute Gasteiger partial charge is 0.245 e. The summed E-state index contributed by atoms with van der Waals surface area (Å²) < 4.78 is 26.7. The van der Waals surface area contributed by atoms with Crippen LogP contribution in [0, 0.1) is 0 Å². The molecule has 3 rings (SSSR count). The lowest BCUT2D eigenvalue weighted by Crippen LogP contribution is -2.35. The number of likely N-dealkylation sites (N-methyl/N-ethyl adjacent to an activating group) is 1. The molecule has 134 valence electrons. The average Bonchev–Trinajstić information content (AvgIpc) is 2.63. The molecule has 0 fully saturated rings. The summed E-state index contributed by atoms with van der Waals surface area (Å²) >= 11 is 5.80. The Morgan fingerprint density at radius 1 is 1.12 bits per heavy atom. The molecule has 3 aromatic rings. The van der Waals surface area contributed by atoms with Crippen LogP contribution in [0.2, 0.25) is 5.02 Å². The van der Waals surface area contributed by atoms with Crippen LogP contribution in [0.1, 0.15) is 0 Å². The first kappa shape index (κ1) is 18.3. The Balaban J connectivity index is 1.80. The largest absolute Gasteiger partial charge is 0.325 e. The molecule has 0 unspecified atom stereocenters. The van der Waals surface area contributed by atoms with E-state index in [0.29, 0.717) is 21.6 Å². The minimum atomic E-state index is -3.87. The van der Waals surface area contributed by atoms with Crippen LogP contribution >= 0.6 is 11.6 Å².